The number of amides is 1. The largest absolute Gasteiger partial charge is 0.466 e. The van der Waals surface area contributed by atoms with Crippen LogP contribution in [0.4, 0.5) is 0 Å². The summed E-state index contributed by atoms with van der Waals surface area (Å²) in [5.74, 6) is -0.102. The lowest BCUT2D eigenvalue weighted by Gasteiger charge is -2.22. The second kappa shape index (κ2) is 49.0. The topological polar surface area (TPSA) is 95.9 Å². The summed E-state index contributed by atoms with van der Waals surface area (Å²) in [5, 5.41) is 23.3. The van der Waals surface area contributed by atoms with Crippen LogP contribution in [0.2, 0.25) is 0 Å². The van der Waals surface area contributed by atoms with Crippen LogP contribution >= 0.6 is 0 Å². The zero-order valence-electron chi connectivity index (χ0n) is 39.5. The molecule has 0 radical (unpaired) electrons. The molecule has 0 saturated carbocycles. The van der Waals surface area contributed by atoms with E-state index in [9.17, 15) is 19.8 Å². The van der Waals surface area contributed by atoms with Crippen LogP contribution in [0.5, 0.6) is 0 Å². The van der Waals surface area contributed by atoms with E-state index in [2.05, 4.69) is 43.5 Å². The van der Waals surface area contributed by atoms with Gasteiger partial charge in [-0.2, -0.15) is 0 Å². The zero-order valence-corrected chi connectivity index (χ0v) is 39.5. The molecule has 59 heavy (non-hydrogen) atoms. The van der Waals surface area contributed by atoms with Crippen molar-refractivity contribution in [2.75, 3.05) is 13.2 Å². The number of unbranched alkanes of at least 4 members (excludes halogenated alkanes) is 33. The molecule has 0 aliphatic heterocycles. The molecule has 0 spiro atoms. The summed E-state index contributed by atoms with van der Waals surface area (Å²) < 4.78 is 5.43. The van der Waals surface area contributed by atoms with Gasteiger partial charge in [0.1, 0.15) is 0 Å². The van der Waals surface area contributed by atoms with Crippen molar-refractivity contribution in [3.05, 3.63) is 24.3 Å². The van der Waals surface area contributed by atoms with E-state index in [4.69, 9.17) is 4.74 Å². The maximum atomic E-state index is 12.5. The zero-order chi connectivity index (χ0) is 43.0. The first kappa shape index (κ1) is 57.3. The maximum Gasteiger partial charge on any atom is 0.305 e. The first-order valence-electron chi connectivity index (χ1n) is 26.1. The summed E-state index contributed by atoms with van der Waals surface area (Å²) in [6.07, 6.45) is 57.2. The van der Waals surface area contributed by atoms with E-state index in [1.165, 1.54) is 173 Å². The Bertz CT molecular complexity index is 920. The lowest BCUT2D eigenvalue weighted by atomic mass is 10.0. The van der Waals surface area contributed by atoms with Crippen molar-refractivity contribution >= 4 is 11.9 Å². The highest BCUT2D eigenvalue weighted by Crippen LogP contribution is 2.17. The fourth-order valence-electron chi connectivity index (χ4n) is 7.97. The van der Waals surface area contributed by atoms with Crippen molar-refractivity contribution in [1.82, 2.24) is 5.32 Å². The Hall–Kier alpha value is -1.66. The second-order valence-electron chi connectivity index (χ2n) is 17.9. The number of carbonyl (C=O) groups excluding carboxylic acids is 2. The van der Waals surface area contributed by atoms with E-state index in [0.29, 0.717) is 25.9 Å². The van der Waals surface area contributed by atoms with Crippen LogP contribution in [0.15, 0.2) is 24.3 Å². The van der Waals surface area contributed by atoms with Gasteiger partial charge in [-0.25, -0.2) is 0 Å². The minimum atomic E-state index is -0.683. The number of nitrogens with one attached hydrogen (secondary N) is 1. The maximum absolute atomic E-state index is 12.5. The quantitative estimate of drug-likeness (QED) is 0.0322. The van der Waals surface area contributed by atoms with Gasteiger partial charge in [0.05, 0.1) is 25.4 Å². The van der Waals surface area contributed by atoms with E-state index in [1.807, 2.05) is 0 Å². The molecule has 348 valence electrons. The molecule has 0 aromatic heterocycles. The lowest BCUT2D eigenvalue weighted by Crippen LogP contribution is -2.45. The van der Waals surface area contributed by atoms with Gasteiger partial charge in [-0.3, -0.25) is 9.59 Å². The molecular formula is C53H101NO5. The molecule has 0 saturated heterocycles. The number of allylic oxidation sites excluding steroid dienone is 4. The average Bonchev–Trinajstić information content (AvgIpc) is 3.24. The molecule has 0 bridgehead atoms. The van der Waals surface area contributed by atoms with Crippen LogP contribution in [0.1, 0.15) is 277 Å². The molecule has 0 aromatic carbocycles. The highest BCUT2D eigenvalue weighted by Gasteiger charge is 2.20. The lowest BCUT2D eigenvalue weighted by molar-refractivity contribution is -0.143. The summed E-state index contributed by atoms with van der Waals surface area (Å²) in [4.78, 5) is 24.5. The molecule has 1 amide bonds. The number of carbonyl (C=O) groups is 2. The molecule has 6 nitrogen and oxygen atoms in total. The molecule has 0 rings (SSSR count). The Morgan fingerprint density at radius 1 is 0.475 bits per heavy atom. The number of aliphatic hydroxyl groups excluding tert-OH is 2. The number of hydrogen-bond acceptors (Lipinski definition) is 5. The fraction of sp³-hybridized carbons (Fsp3) is 0.887. The van der Waals surface area contributed by atoms with Crippen LogP contribution in [0, 0.1) is 0 Å². The molecule has 2 atom stereocenters. The Labute approximate surface area is 367 Å². The number of ether oxygens (including phenoxy) is 1. The fourth-order valence-corrected chi connectivity index (χ4v) is 7.97. The van der Waals surface area contributed by atoms with Gasteiger partial charge in [0.2, 0.25) is 5.91 Å². The van der Waals surface area contributed by atoms with Gasteiger partial charge >= 0.3 is 5.97 Å². The van der Waals surface area contributed by atoms with Gasteiger partial charge in [-0.1, -0.05) is 237 Å². The summed E-state index contributed by atoms with van der Waals surface area (Å²) >= 11 is 0. The van der Waals surface area contributed by atoms with Gasteiger partial charge < -0.3 is 20.3 Å². The Balaban J connectivity index is 3.50. The van der Waals surface area contributed by atoms with Crippen molar-refractivity contribution in [1.29, 1.82) is 0 Å². The van der Waals surface area contributed by atoms with E-state index in [-0.39, 0.29) is 18.5 Å². The van der Waals surface area contributed by atoms with Crippen molar-refractivity contribution < 1.29 is 24.5 Å². The van der Waals surface area contributed by atoms with Crippen molar-refractivity contribution in [2.24, 2.45) is 0 Å². The molecule has 0 heterocycles. The second-order valence-corrected chi connectivity index (χ2v) is 17.9. The monoisotopic (exact) mass is 832 g/mol. The summed E-state index contributed by atoms with van der Waals surface area (Å²) in [5.41, 5.74) is 0. The van der Waals surface area contributed by atoms with E-state index < -0.39 is 12.1 Å². The molecular weight excluding hydrogens is 731 g/mol. The third kappa shape index (κ3) is 45.7. The number of aliphatic hydroxyl groups is 2. The van der Waals surface area contributed by atoms with Crippen LogP contribution in [0.3, 0.4) is 0 Å². The third-order valence-corrected chi connectivity index (χ3v) is 12.0. The minimum Gasteiger partial charge on any atom is -0.466 e. The van der Waals surface area contributed by atoms with Crippen molar-refractivity contribution in [3.63, 3.8) is 0 Å². The predicted molar refractivity (Wildman–Crippen MR) is 255 cm³/mol. The minimum absolute atomic E-state index is 0.0398. The SMILES string of the molecule is CCC/C=C\C/C=C\CCCCCCCC(=O)OCCCCCCCCCCCC(=O)NC(CO)C(O)CCCCCCCCCCCCCCCCCCCCCC. The van der Waals surface area contributed by atoms with Gasteiger partial charge in [0.15, 0.2) is 0 Å². The molecule has 3 N–H and O–H groups in total. The van der Waals surface area contributed by atoms with Gasteiger partial charge in [0.25, 0.3) is 0 Å². The normalized spacial score (nSPS) is 12.8. The van der Waals surface area contributed by atoms with Crippen molar-refractivity contribution in [2.45, 2.75) is 289 Å². The van der Waals surface area contributed by atoms with Gasteiger partial charge in [-0.05, 0) is 51.4 Å². The van der Waals surface area contributed by atoms with Gasteiger partial charge in [-0.15, -0.1) is 0 Å². The predicted octanol–water partition coefficient (Wildman–Crippen LogP) is 15.5. The van der Waals surface area contributed by atoms with Crippen LogP contribution in [-0.4, -0.2) is 47.4 Å². The van der Waals surface area contributed by atoms with Crippen molar-refractivity contribution in [3.8, 4) is 0 Å². The highest BCUT2D eigenvalue weighted by atomic mass is 16.5. The number of esters is 1. The summed E-state index contributed by atoms with van der Waals surface area (Å²) in [6, 6.07) is -0.563. The smallest absolute Gasteiger partial charge is 0.305 e. The first-order valence-corrected chi connectivity index (χ1v) is 26.1. The molecule has 6 heteroatoms. The van der Waals surface area contributed by atoms with E-state index >= 15 is 0 Å². The summed E-state index contributed by atoms with van der Waals surface area (Å²) in [6.45, 7) is 4.83. The summed E-state index contributed by atoms with van der Waals surface area (Å²) in [7, 11) is 0. The molecule has 0 aliphatic carbocycles. The Morgan fingerprint density at radius 3 is 1.36 bits per heavy atom. The van der Waals surface area contributed by atoms with Crippen LogP contribution in [0.25, 0.3) is 0 Å². The molecule has 0 aromatic rings. The van der Waals surface area contributed by atoms with Crippen LogP contribution in [-0.2, 0) is 14.3 Å². The number of hydrogen-bond donors (Lipinski definition) is 3. The highest BCUT2D eigenvalue weighted by molar-refractivity contribution is 5.76. The van der Waals surface area contributed by atoms with Gasteiger partial charge in [0, 0.05) is 12.8 Å². The van der Waals surface area contributed by atoms with Crippen LogP contribution < -0.4 is 5.32 Å². The third-order valence-electron chi connectivity index (χ3n) is 12.0. The molecule has 0 fully saturated rings. The Kier molecular flexibility index (Phi) is 47.6. The van der Waals surface area contributed by atoms with E-state index in [0.717, 1.165) is 70.6 Å². The average molecular weight is 832 g/mol. The molecule has 0 aliphatic rings. The van der Waals surface area contributed by atoms with E-state index in [1.54, 1.807) is 0 Å². The molecule has 2 unspecified atom stereocenters. The standard InChI is InChI=1S/C53H101NO5/c1-3-5-7-9-11-13-15-17-18-19-20-21-22-23-25-26-29-33-37-41-45-51(56)50(49-55)54-52(57)46-42-38-34-30-28-32-36-40-44-48-59-53(58)47-43-39-35-31-27-24-16-14-12-10-8-6-4-2/h8,10,14,16,50-51,55-56H,3-7,9,11-13,15,17-49H2,1-2H3,(H,54,57)/b10-8-,16-14-. The number of rotatable bonds is 48. The Morgan fingerprint density at radius 2 is 0.881 bits per heavy atom. The first-order chi connectivity index (χ1) is 29.0.